The molecule has 1 saturated heterocycles. The van der Waals surface area contributed by atoms with Crippen molar-refractivity contribution in [1.82, 2.24) is 24.0 Å². The molecule has 2 aromatic heterocycles. The van der Waals surface area contributed by atoms with Gasteiger partial charge in [0.1, 0.15) is 0 Å². The van der Waals surface area contributed by atoms with Gasteiger partial charge >= 0.3 is 0 Å². The Hall–Kier alpha value is -2.78. The molecule has 9 heteroatoms. The van der Waals surface area contributed by atoms with Crippen molar-refractivity contribution < 1.29 is 13.2 Å². The SMILES string of the molecule is Cc1ccccc1-c1cc(C(=O)N2CCN(S(C)(=O)=O)CC2)c2cnn(C(C)C)c2n1. The predicted octanol–water partition coefficient (Wildman–Crippen LogP) is 2.71. The standard InChI is InChI=1S/C22H27N5O3S/c1-15(2)27-21-19(14-23-27)18(13-20(24-21)17-8-6-5-7-16(17)3)22(28)25-9-11-26(12-10-25)31(4,29)30/h5-8,13-15H,9-12H2,1-4H3. The zero-order chi connectivity index (χ0) is 22.3. The number of nitrogens with zero attached hydrogens (tertiary/aromatic N) is 5. The van der Waals surface area contributed by atoms with Crippen molar-refractivity contribution in [2.45, 2.75) is 26.8 Å². The van der Waals surface area contributed by atoms with Crippen molar-refractivity contribution in [3.63, 3.8) is 0 Å². The summed E-state index contributed by atoms with van der Waals surface area (Å²) in [4.78, 5) is 20.1. The molecule has 0 radical (unpaired) electrons. The highest BCUT2D eigenvalue weighted by molar-refractivity contribution is 7.88. The van der Waals surface area contributed by atoms with Crippen molar-refractivity contribution >= 4 is 27.0 Å². The van der Waals surface area contributed by atoms with Crippen LogP contribution in [0.2, 0.25) is 0 Å². The Kier molecular flexibility index (Phi) is 5.57. The Morgan fingerprint density at radius 2 is 1.77 bits per heavy atom. The number of pyridine rings is 1. The molecule has 0 bridgehead atoms. The lowest BCUT2D eigenvalue weighted by Crippen LogP contribution is -2.50. The van der Waals surface area contributed by atoms with E-state index in [1.54, 1.807) is 11.1 Å². The number of piperazine rings is 1. The minimum atomic E-state index is -3.26. The molecule has 3 heterocycles. The van der Waals surface area contributed by atoms with Gasteiger partial charge in [0.05, 0.1) is 29.1 Å². The van der Waals surface area contributed by atoms with E-state index in [2.05, 4.69) is 5.10 Å². The monoisotopic (exact) mass is 441 g/mol. The molecule has 1 amide bonds. The number of benzene rings is 1. The molecular formula is C22H27N5O3S. The van der Waals surface area contributed by atoms with Crippen molar-refractivity contribution in [3.8, 4) is 11.3 Å². The maximum atomic E-state index is 13.5. The van der Waals surface area contributed by atoms with Gasteiger partial charge in [0.15, 0.2) is 5.65 Å². The number of hydrogen-bond donors (Lipinski definition) is 0. The quantitative estimate of drug-likeness (QED) is 0.621. The third-order valence-corrected chi connectivity index (χ3v) is 7.01. The zero-order valence-corrected chi connectivity index (χ0v) is 19.1. The Morgan fingerprint density at radius 1 is 1.10 bits per heavy atom. The molecule has 1 aliphatic heterocycles. The minimum Gasteiger partial charge on any atom is -0.336 e. The summed E-state index contributed by atoms with van der Waals surface area (Å²) in [6.07, 6.45) is 2.90. The van der Waals surface area contributed by atoms with Gasteiger partial charge in [-0.05, 0) is 32.4 Å². The van der Waals surface area contributed by atoms with Crippen LogP contribution in [0.4, 0.5) is 0 Å². The van der Waals surface area contributed by atoms with E-state index in [0.29, 0.717) is 42.8 Å². The van der Waals surface area contributed by atoms with E-state index < -0.39 is 10.0 Å². The lowest BCUT2D eigenvalue weighted by molar-refractivity contribution is 0.0700. The molecule has 1 fully saturated rings. The molecule has 8 nitrogen and oxygen atoms in total. The van der Waals surface area contributed by atoms with Gasteiger partial charge in [-0.3, -0.25) is 4.79 Å². The zero-order valence-electron chi connectivity index (χ0n) is 18.2. The molecule has 1 aromatic carbocycles. The van der Waals surface area contributed by atoms with Crippen LogP contribution in [0.15, 0.2) is 36.5 Å². The van der Waals surface area contributed by atoms with Crippen LogP contribution < -0.4 is 0 Å². The molecular weight excluding hydrogens is 414 g/mol. The van der Waals surface area contributed by atoms with E-state index >= 15 is 0 Å². The summed E-state index contributed by atoms with van der Waals surface area (Å²) in [5.41, 5.74) is 3.99. The van der Waals surface area contributed by atoms with Crippen LogP contribution in [0.25, 0.3) is 22.3 Å². The summed E-state index contributed by atoms with van der Waals surface area (Å²) in [5.74, 6) is -0.126. The van der Waals surface area contributed by atoms with E-state index in [0.717, 1.165) is 16.8 Å². The second-order valence-electron chi connectivity index (χ2n) is 8.24. The number of aromatic nitrogens is 3. The molecule has 4 rings (SSSR count). The van der Waals surface area contributed by atoms with Crippen LogP contribution in [0.1, 0.15) is 35.8 Å². The van der Waals surface area contributed by atoms with Gasteiger partial charge in [-0.15, -0.1) is 0 Å². The number of fused-ring (bicyclic) bond motifs is 1. The molecule has 0 N–H and O–H groups in total. The van der Waals surface area contributed by atoms with Crippen LogP contribution in [-0.4, -0.2) is 70.7 Å². The third-order valence-electron chi connectivity index (χ3n) is 5.70. The molecule has 3 aromatic rings. The number of sulfonamides is 1. The first-order valence-electron chi connectivity index (χ1n) is 10.4. The summed E-state index contributed by atoms with van der Waals surface area (Å²) in [7, 11) is -3.26. The van der Waals surface area contributed by atoms with Crippen molar-refractivity contribution in [3.05, 3.63) is 47.7 Å². The van der Waals surface area contributed by atoms with Gasteiger partial charge in [0.2, 0.25) is 10.0 Å². The smallest absolute Gasteiger partial charge is 0.254 e. The Labute approximate surface area is 182 Å². The van der Waals surface area contributed by atoms with Gasteiger partial charge in [0.25, 0.3) is 5.91 Å². The van der Waals surface area contributed by atoms with E-state index in [9.17, 15) is 13.2 Å². The van der Waals surface area contributed by atoms with Crippen molar-refractivity contribution in [1.29, 1.82) is 0 Å². The van der Waals surface area contributed by atoms with E-state index in [1.165, 1.54) is 10.6 Å². The lowest BCUT2D eigenvalue weighted by Gasteiger charge is -2.33. The Bertz CT molecular complexity index is 1240. The van der Waals surface area contributed by atoms with Crippen LogP contribution in [-0.2, 0) is 10.0 Å². The number of aryl methyl sites for hydroxylation is 1. The first-order valence-corrected chi connectivity index (χ1v) is 12.2. The molecule has 31 heavy (non-hydrogen) atoms. The van der Waals surface area contributed by atoms with Crippen molar-refractivity contribution in [2.75, 3.05) is 32.4 Å². The molecule has 0 atom stereocenters. The van der Waals surface area contributed by atoms with Crippen LogP contribution in [0.3, 0.4) is 0 Å². The van der Waals surface area contributed by atoms with Gasteiger partial charge in [-0.2, -0.15) is 9.40 Å². The van der Waals surface area contributed by atoms with Gasteiger partial charge in [0, 0.05) is 37.8 Å². The molecule has 0 spiro atoms. The summed E-state index contributed by atoms with van der Waals surface area (Å²) in [6, 6.07) is 9.88. The van der Waals surface area contributed by atoms with E-state index in [1.807, 2.05) is 55.8 Å². The first-order chi connectivity index (χ1) is 14.7. The normalized spacial score (nSPS) is 15.7. The summed E-state index contributed by atoms with van der Waals surface area (Å²) >= 11 is 0. The number of amides is 1. The summed E-state index contributed by atoms with van der Waals surface area (Å²) in [6.45, 7) is 7.39. The Morgan fingerprint density at radius 3 is 2.39 bits per heavy atom. The fourth-order valence-electron chi connectivity index (χ4n) is 3.96. The second kappa shape index (κ2) is 8.05. The highest BCUT2D eigenvalue weighted by Crippen LogP contribution is 2.29. The minimum absolute atomic E-state index is 0.0957. The third kappa shape index (κ3) is 4.07. The van der Waals surface area contributed by atoms with Gasteiger partial charge in [-0.1, -0.05) is 24.3 Å². The molecule has 164 valence electrons. The predicted molar refractivity (Wildman–Crippen MR) is 120 cm³/mol. The maximum absolute atomic E-state index is 13.5. The van der Waals surface area contributed by atoms with E-state index in [4.69, 9.17) is 4.98 Å². The number of hydrogen-bond acceptors (Lipinski definition) is 5. The van der Waals surface area contributed by atoms with Crippen LogP contribution >= 0.6 is 0 Å². The average molecular weight is 442 g/mol. The highest BCUT2D eigenvalue weighted by Gasteiger charge is 2.28. The highest BCUT2D eigenvalue weighted by atomic mass is 32.2. The lowest BCUT2D eigenvalue weighted by atomic mass is 10.0. The fourth-order valence-corrected chi connectivity index (χ4v) is 4.79. The summed E-state index contributed by atoms with van der Waals surface area (Å²) < 4.78 is 26.9. The molecule has 0 saturated carbocycles. The average Bonchev–Trinajstić information content (AvgIpc) is 3.17. The summed E-state index contributed by atoms with van der Waals surface area (Å²) in [5, 5.41) is 5.19. The fraction of sp³-hybridized carbons (Fsp3) is 0.409. The van der Waals surface area contributed by atoms with E-state index in [-0.39, 0.29) is 11.9 Å². The Balaban J connectivity index is 1.78. The van der Waals surface area contributed by atoms with Crippen LogP contribution in [0.5, 0.6) is 0 Å². The molecule has 1 aliphatic rings. The number of rotatable bonds is 4. The largest absolute Gasteiger partial charge is 0.336 e. The number of carbonyl (C=O) groups is 1. The van der Waals surface area contributed by atoms with Crippen LogP contribution in [0, 0.1) is 6.92 Å². The van der Waals surface area contributed by atoms with Gasteiger partial charge < -0.3 is 4.90 Å². The second-order valence-corrected chi connectivity index (χ2v) is 10.2. The molecule has 0 aliphatic carbocycles. The molecule has 0 unspecified atom stereocenters. The van der Waals surface area contributed by atoms with Crippen molar-refractivity contribution in [2.24, 2.45) is 0 Å². The first kappa shape index (κ1) is 21.5. The maximum Gasteiger partial charge on any atom is 0.254 e. The number of carbonyl (C=O) groups excluding carboxylic acids is 1. The topological polar surface area (TPSA) is 88.4 Å². The van der Waals surface area contributed by atoms with Gasteiger partial charge in [-0.25, -0.2) is 18.1 Å².